The monoisotopic (exact) mass is 302 g/mol. The molecule has 0 atom stereocenters. The molecule has 108 valence electrons. The van der Waals surface area contributed by atoms with Crippen LogP contribution in [0.15, 0.2) is 53.7 Å². The Morgan fingerprint density at radius 3 is 2.71 bits per heavy atom. The highest BCUT2D eigenvalue weighted by atomic mass is 32.2. The minimum Gasteiger partial charge on any atom is -0.395 e. The van der Waals surface area contributed by atoms with Crippen LogP contribution in [0, 0.1) is 11.8 Å². The van der Waals surface area contributed by atoms with Gasteiger partial charge in [0.05, 0.1) is 12.3 Å². The van der Waals surface area contributed by atoms with E-state index in [1.165, 1.54) is 18.5 Å². The summed E-state index contributed by atoms with van der Waals surface area (Å²) in [7, 11) is -3.70. The van der Waals surface area contributed by atoms with E-state index in [-0.39, 0.29) is 11.5 Å². The van der Waals surface area contributed by atoms with Crippen molar-refractivity contribution < 1.29 is 13.5 Å². The van der Waals surface area contributed by atoms with Gasteiger partial charge in [0.15, 0.2) is 0 Å². The summed E-state index contributed by atoms with van der Waals surface area (Å²) in [5, 5.41) is 8.73. The fourth-order valence-electron chi connectivity index (χ4n) is 1.60. The topological polar surface area (TPSA) is 79.3 Å². The second kappa shape index (κ2) is 6.88. The SMILES string of the molecule is O=S(=O)(Nc1ccccc1C#CCCO)c1cccnc1. The molecule has 1 heterocycles. The third-order valence-corrected chi connectivity index (χ3v) is 3.93. The van der Waals surface area contributed by atoms with Gasteiger partial charge in [-0.25, -0.2) is 8.42 Å². The van der Waals surface area contributed by atoms with Crippen molar-refractivity contribution in [3.8, 4) is 11.8 Å². The first kappa shape index (κ1) is 15.0. The summed E-state index contributed by atoms with van der Waals surface area (Å²) in [4.78, 5) is 3.89. The zero-order valence-corrected chi connectivity index (χ0v) is 12.0. The van der Waals surface area contributed by atoms with Crippen LogP contribution in [-0.2, 0) is 10.0 Å². The van der Waals surface area contributed by atoms with E-state index in [0.29, 0.717) is 17.7 Å². The number of nitrogens with one attached hydrogen (secondary N) is 1. The first-order chi connectivity index (χ1) is 10.1. The molecule has 2 aromatic rings. The molecule has 0 bridgehead atoms. The van der Waals surface area contributed by atoms with Gasteiger partial charge in [-0.05, 0) is 24.3 Å². The minimum absolute atomic E-state index is 0.0312. The van der Waals surface area contributed by atoms with Gasteiger partial charge in [0.1, 0.15) is 4.90 Å². The molecular weight excluding hydrogens is 288 g/mol. The van der Waals surface area contributed by atoms with Crippen molar-refractivity contribution in [2.24, 2.45) is 0 Å². The van der Waals surface area contributed by atoms with Crippen molar-refractivity contribution in [2.45, 2.75) is 11.3 Å². The van der Waals surface area contributed by atoms with Gasteiger partial charge in [0, 0.05) is 24.4 Å². The Balaban J connectivity index is 2.30. The van der Waals surface area contributed by atoms with E-state index < -0.39 is 10.0 Å². The van der Waals surface area contributed by atoms with Gasteiger partial charge >= 0.3 is 0 Å². The highest BCUT2D eigenvalue weighted by molar-refractivity contribution is 7.92. The number of aliphatic hydroxyl groups is 1. The van der Waals surface area contributed by atoms with Gasteiger partial charge in [-0.2, -0.15) is 0 Å². The lowest BCUT2D eigenvalue weighted by Crippen LogP contribution is -2.13. The van der Waals surface area contributed by atoms with E-state index in [0.717, 1.165) is 0 Å². The van der Waals surface area contributed by atoms with Crippen LogP contribution in [-0.4, -0.2) is 25.1 Å². The first-order valence-electron chi connectivity index (χ1n) is 6.25. The number of sulfonamides is 1. The molecule has 0 saturated carbocycles. The third kappa shape index (κ3) is 4.05. The molecule has 6 heteroatoms. The summed E-state index contributed by atoms with van der Waals surface area (Å²) in [5.74, 6) is 5.61. The summed E-state index contributed by atoms with van der Waals surface area (Å²) in [6.07, 6.45) is 3.12. The lowest BCUT2D eigenvalue weighted by atomic mass is 10.2. The van der Waals surface area contributed by atoms with E-state index in [1.54, 1.807) is 30.3 Å². The number of anilines is 1. The van der Waals surface area contributed by atoms with Crippen LogP contribution >= 0.6 is 0 Å². The van der Waals surface area contributed by atoms with Crippen LogP contribution in [0.4, 0.5) is 5.69 Å². The highest BCUT2D eigenvalue weighted by Gasteiger charge is 2.15. The summed E-state index contributed by atoms with van der Waals surface area (Å²) in [6, 6.07) is 9.86. The van der Waals surface area contributed by atoms with Crippen LogP contribution in [0.5, 0.6) is 0 Å². The van der Waals surface area contributed by atoms with Crippen molar-refractivity contribution in [3.63, 3.8) is 0 Å². The highest BCUT2D eigenvalue weighted by Crippen LogP contribution is 2.18. The van der Waals surface area contributed by atoms with Gasteiger partial charge in [0.25, 0.3) is 10.0 Å². The molecule has 0 radical (unpaired) electrons. The van der Waals surface area contributed by atoms with Crippen molar-refractivity contribution in [2.75, 3.05) is 11.3 Å². The summed E-state index contributed by atoms with van der Waals surface area (Å²) in [6.45, 7) is -0.0312. The van der Waals surface area contributed by atoms with Gasteiger partial charge in [0.2, 0.25) is 0 Å². The molecule has 2 rings (SSSR count). The van der Waals surface area contributed by atoms with Crippen LogP contribution in [0.25, 0.3) is 0 Å². The molecule has 21 heavy (non-hydrogen) atoms. The number of para-hydroxylation sites is 1. The van der Waals surface area contributed by atoms with E-state index in [1.807, 2.05) is 0 Å². The number of aromatic nitrogens is 1. The van der Waals surface area contributed by atoms with Crippen LogP contribution < -0.4 is 4.72 Å². The number of nitrogens with zero attached hydrogens (tertiary/aromatic N) is 1. The number of hydrogen-bond acceptors (Lipinski definition) is 4. The molecule has 2 N–H and O–H groups in total. The normalized spacial score (nSPS) is 10.5. The minimum atomic E-state index is -3.70. The standard InChI is InChI=1S/C15H14N2O3S/c18-11-4-3-7-13-6-1-2-9-15(13)17-21(19,20)14-8-5-10-16-12-14/h1-2,5-6,8-10,12,17-18H,4,11H2. The van der Waals surface area contributed by atoms with Gasteiger partial charge in [-0.3, -0.25) is 9.71 Å². The summed E-state index contributed by atoms with van der Waals surface area (Å²) >= 11 is 0. The summed E-state index contributed by atoms with van der Waals surface area (Å²) in [5.41, 5.74) is 0.949. The number of pyridine rings is 1. The zero-order valence-electron chi connectivity index (χ0n) is 11.2. The Morgan fingerprint density at radius 2 is 2.00 bits per heavy atom. The largest absolute Gasteiger partial charge is 0.395 e. The summed E-state index contributed by atoms with van der Waals surface area (Å²) < 4.78 is 27.0. The Labute approximate surface area is 123 Å². The predicted octanol–water partition coefficient (Wildman–Crippen LogP) is 1.62. The molecule has 1 aromatic heterocycles. The van der Waals surface area contributed by atoms with Crippen molar-refractivity contribution in [1.82, 2.24) is 4.98 Å². The third-order valence-electron chi connectivity index (χ3n) is 2.58. The fraction of sp³-hybridized carbons (Fsp3) is 0.133. The molecule has 5 nitrogen and oxygen atoms in total. The number of aliphatic hydroxyl groups excluding tert-OH is 1. The van der Waals surface area contributed by atoms with E-state index in [4.69, 9.17) is 5.11 Å². The van der Waals surface area contributed by atoms with Gasteiger partial charge < -0.3 is 5.11 Å². The number of benzene rings is 1. The average molecular weight is 302 g/mol. The molecule has 0 unspecified atom stereocenters. The molecule has 0 saturated heterocycles. The lowest BCUT2D eigenvalue weighted by molar-refractivity contribution is 0.305. The Hall–Kier alpha value is -2.36. The lowest BCUT2D eigenvalue weighted by Gasteiger charge is -2.09. The molecular formula is C15H14N2O3S. The Kier molecular flexibility index (Phi) is 4.93. The van der Waals surface area contributed by atoms with Gasteiger partial charge in [-0.1, -0.05) is 24.0 Å². The second-order valence-corrected chi connectivity index (χ2v) is 5.80. The maximum Gasteiger partial charge on any atom is 0.263 e. The quantitative estimate of drug-likeness (QED) is 0.841. The molecule has 1 aromatic carbocycles. The molecule has 0 aliphatic rings. The number of rotatable bonds is 4. The maximum atomic E-state index is 12.2. The predicted molar refractivity (Wildman–Crippen MR) is 80.1 cm³/mol. The van der Waals surface area contributed by atoms with Crippen LogP contribution in [0.3, 0.4) is 0 Å². The van der Waals surface area contributed by atoms with Crippen molar-refractivity contribution in [3.05, 3.63) is 54.4 Å². The maximum absolute atomic E-state index is 12.2. The van der Waals surface area contributed by atoms with Crippen LogP contribution in [0.2, 0.25) is 0 Å². The van der Waals surface area contributed by atoms with E-state index in [2.05, 4.69) is 21.5 Å². The Bertz CT molecular complexity index is 762. The number of hydrogen-bond donors (Lipinski definition) is 2. The molecule has 0 amide bonds. The average Bonchev–Trinajstić information content (AvgIpc) is 2.50. The molecule has 0 aliphatic heterocycles. The van der Waals surface area contributed by atoms with Crippen molar-refractivity contribution >= 4 is 15.7 Å². The molecule has 0 spiro atoms. The second-order valence-electron chi connectivity index (χ2n) is 4.12. The van der Waals surface area contributed by atoms with Gasteiger partial charge in [-0.15, -0.1) is 0 Å². The zero-order chi connectivity index (χ0) is 15.1. The molecule has 0 fully saturated rings. The van der Waals surface area contributed by atoms with E-state index >= 15 is 0 Å². The first-order valence-corrected chi connectivity index (χ1v) is 7.73. The van der Waals surface area contributed by atoms with Crippen molar-refractivity contribution in [1.29, 1.82) is 0 Å². The van der Waals surface area contributed by atoms with E-state index in [9.17, 15) is 8.42 Å². The molecule has 0 aliphatic carbocycles. The Morgan fingerprint density at radius 1 is 1.19 bits per heavy atom. The fourth-order valence-corrected chi connectivity index (χ4v) is 2.65. The van der Waals surface area contributed by atoms with Crippen LogP contribution in [0.1, 0.15) is 12.0 Å². The smallest absolute Gasteiger partial charge is 0.263 e.